The number of alkyl halides is 3. The molecule has 0 unspecified atom stereocenters. The van der Waals surface area contributed by atoms with Gasteiger partial charge >= 0.3 is 12.3 Å². The first-order valence-corrected chi connectivity index (χ1v) is 6.14. The topological polar surface area (TPSA) is 68.4 Å². The lowest BCUT2D eigenvalue weighted by atomic mass is 10.2. The van der Waals surface area contributed by atoms with Crippen LogP contribution in [0.25, 0.3) is 0 Å². The Morgan fingerprint density at radius 1 is 1.47 bits per heavy atom. The van der Waals surface area contributed by atoms with E-state index in [1.54, 1.807) is 29.5 Å². The van der Waals surface area contributed by atoms with Crippen LogP contribution >= 0.6 is 22.6 Å². The van der Waals surface area contributed by atoms with Crippen LogP contribution in [0.1, 0.15) is 12.5 Å². The molecule has 0 amide bonds. The summed E-state index contributed by atoms with van der Waals surface area (Å²) in [6.45, 7) is 1.74. The highest BCUT2D eigenvalue weighted by Gasteiger charge is 2.32. The minimum atomic E-state index is -4.92. The van der Waals surface area contributed by atoms with E-state index in [0.717, 1.165) is 6.07 Å². The molecule has 1 rings (SSSR count). The smallest absolute Gasteiger partial charge is 0.466 e. The summed E-state index contributed by atoms with van der Waals surface area (Å²) >= 11 is 1.63. The van der Waals surface area contributed by atoms with Gasteiger partial charge in [-0.3, -0.25) is 14.6 Å². The predicted molar refractivity (Wildman–Crippen MR) is 66.8 cm³/mol. The second kappa shape index (κ2) is 6.26. The van der Waals surface area contributed by atoms with Gasteiger partial charge in [-0.15, -0.1) is 13.2 Å². The number of carbonyl (C=O) groups is 1. The summed E-state index contributed by atoms with van der Waals surface area (Å²) in [7, 11) is 0. The zero-order valence-electron chi connectivity index (χ0n) is 9.64. The van der Waals surface area contributed by atoms with Gasteiger partial charge in [0.25, 0.3) is 5.56 Å². The number of aromatic nitrogens is 1. The van der Waals surface area contributed by atoms with Crippen molar-refractivity contribution in [3.05, 3.63) is 25.6 Å². The van der Waals surface area contributed by atoms with Crippen molar-refractivity contribution in [2.24, 2.45) is 0 Å². The molecule has 9 heteroatoms. The molecule has 1 heterocycles. The van der Waals surface area contributed by atoms with E-state index in [1.807, 2.05) is 4.98 Å². The molecule has 1 aromatic rings. The highest BCUT2D eigenvalue weighted by molar-refractivity contribution is 14.1. The number of nitrogens with one attached hydrogen (secondary N) is 1. The molecule has 0 spiro atoms. The summed E-state index contributed by atoms with van der Waals surface area (Å²) in [5.41, 5.74) is -0.649. The molecule has 0 fully saturated rings. The average molecular weight is 391 g/mol. The zero-order valence-corrected chi connectivity index (χ0v) is 11.8. The Balaban J connectivity index is 3.03. The van der Waals surface area contributed by atoms with Gasteiger partial charge in [-0.25, -0.2) is 0 Å². The fourth-order valence-electron chi connectivity index (χ4n) is 1.25. The van der Waals surface area contributed by atoms with Crippen molar-refractivity contribution < 1.29 is 27.4 Å². The van der Waals surface area contributed by atoms with Crippen LogP contribution in [0.5, 0.6) is 5.88 Å². The molecule has 1 N–H and O–H groups in total. The number of hydrogen-bond donors (Lipinski definition) is 1. The third kappa shape index (κ3) is 5.09. The third-order valence-electron chi connectivity index (χ3n) is 1.89. The maximum Gasteiger partial charge on any atom is 0.574 e. The second-order valence-corrected chi connectivity index (χ2v) is 4.41. The Labute approximate surface area is 119 Å². The van der Waals surface area contributed by atoms with Crippen molar-refractivity contribution in [3.63, 3.8) is 0 Å². The number of carbonyl (C=O) groups excluding carboxylic acids is 1. The van der Waals surface area contributed by atoms with Crippen LogP contribution in [0, 0.1) is 3.57 Å². The summed E-state index contributed by atoms with van der Waals surface area (Å²) in [6, 6.07) is 0.952. The molecule has 0 aliphatic rings. The van der Waals surface area contributed by atoms with Crippen molar-refractivity contribution >= 4 is 28.6 Å². The minimum Gasteiger partial charge on any atom is -0.466 e. The number of esters is 1. The summed E-state index contributed by atoms with van der Waals surface area (Å²) in [5.74, 6) is -1.40. The van der Waals surface area contributed by atoms with Gasteiger partial charge in [0.1, 0.15) is 0 Å². The van der Waals surface area contributed by atoms with E-state index in [1.165, 1.54) is 0 Å². The van der Waals surface area contributed by atoms with Crippen molar-refractivity contribution in [2.75, 3.05) is 6.61 Å². The summed E-state index contributed by atoms with van der Waals surface area (Å²) in [4.78, 5) is 24.6. The molecule has 1 aromatic heterocycles. The number of halogens is 4. The largest absolute Gasteiger partial charge is 0.574 e. The zero-order chi connectivity index (χ0) is 14.6. The SMILES string of the molecule is CCOC(=O)Cc1cc(OC(F)(F)F)[nH]c(=O)c1I. The first-order valence-electron chi connectivity index (χ1n) is 5.06. The van der Waals surface area contributed by atoms with Crippen LogP contribution in [0.3, 0.4) is 0 Å². The molecular formula is C10H9F3INO4. The van der Waals surface area contributed by atoms with E-state index >= 15 is 0 Å². The lowest BCUT2D eigenvalue weighted by Crippen LogP contribution is -2.22. The monoisotopic (exact) mass is 391 g/mol. The van der Waals surface area contributed by atoms with Crippen molar-refractivity contribution in [1.29, 1.82) is 0 Å². The second-order valence-electron chi connectivity index (χ2n) is 3.33. The highest BCUT2D eigenvalue weighted by Crippen LogP contribution is 2.22. The van der Waals surface area contributed by atoms with Gasteiger partial charge in [0.15, 0.2) is 0 Å². The average Bonchev–Trinajstić information content (AvgIpc) is 2.23. The molecule has 0 atom stereocenters. The highest BCUT2D eigenvalue weighted by atomic mass is 127. The quantitative estimate of drug-likeness (QED) is 0.630. The van der Waals surface area contributed by atoms with Gasteiger partial charge in [-0.1, -0.05) is 0 Å². The Bertz CT molecular complexity index is 526. The summed E-state index contributed by atoms with van der Waals surface area (Å²) < 4.78 is 44.5. The number of hydrogen-bond acceptors (Lipinski definition) is 4. The first kappa shape index (κ1) is 15.8. The molecular weight excluding hydrogens is 382 g/mol. The van der Waals surface area contributed by atoms with Gasteiger partial charge in [-0.2, -0.15) is 0 Å². The summed E-state index contributed by atoms with van der Waals surface area (Å²) in [6.07, 6.45) is -5.22. The molecule has 0 aromatic carbocycles. The Morgan fingerprint density at radius 2 is 2.11 bits per heavy atom. The van der Waals surface area contributed by atoms with E-state index in [2.05, 4.69) is 9.47 Å². The Morgan fingerprint density at radius 3 is 2.63 bits per heavy atom. The molecule has 106 valence electrons. The van der Waals surface area contributed by atoms with E-state index in [4.69, 9.17) is 0 Å². The molecule has 0 radical (unpaired) electrons. The Hall–Kier alpha value is -1.26. The molecule has 5 nitrogen and oxygen atoms in total. The van der Waals surface area contributed by atoms with Crippen LogP contribution in [-0.2, 0) is 16.0 Å². The van der Waals surface area contributed by atoms with Crippen LogP contribution in [0.15, 0.2) is 10.9 Å². The minimum absolute atomic E-state index is 0.111. The normalized spacial score (nSPS) is 11.2. The lowest BCUT2D eigenvalue weighted by molar-refractivity contribution is -0.276. The van der Waals surface area contributed by atoms with Gasteiger partial charge in [0.2, 0.25) is 5.88 Å². The molecule has 0 bridgehead atoms. The van der Waals surface area contributed by atoms with Gasteiger partial charge in [-0.05, 0) is 35.1 Å². The lowest BCUT2D eigenvalue weighted by Gasteiger charge is -2.10. The van der Waals surface area contributed by atoms with E-state index in [9.17, 15) is 22.8 Å². The number of pyridine rings is 1. The molecule has 0 aliphatic heterocycles. The predicted octanol–water partition coefficient (Wildman–Crippen LogP) is 1.98. The van der Waals surface area contributed by atoms with Crippen LogP contribution < -0.4 is 10.3 Å². The van der Waals surface area contributed by atoms with Gasteiger partial charge < -0.3 is 9.47 Å². The van der Waals surface area contributed by atoms with E-state index < -0.39 is 23.8 Å². The number of aromatic amines is 1. The maximum absolute atomic E-state index is 12.1. The fourth-order valence-corrected chi connectivity index (χ4v) is 1.73. The number of ether oxygens (including phenoxy) is 2. The molecule has 0 saturated heterocycles. The van der Waals surface area contributed by atoms with E-state index in [0.29, 0.717) is 0 Å². The number of rotatable bonds is 4. The van der Waals surface area contributed by atoms with Crippen molar-refractivity contribution in [2.45, 2.75) is 19.7 Å². The van der Waals surface area contributed by atoms with Crippen molar-refractivity contribution in [1.82, 2.24) is 4.98 Å². The maximum atomic E-state index is 12.1. The van der Waals surface area contributed by atoms with Crippen LogP contribution in [0.2, 0.25) is 0 Å². The molecule has 0 saturated carbocycles. The standard InChI is InChI=1S/C10H9F3INO4/c1-2-18-7(16)4-5-3-6(19-10(11,12)13)15-9(17)8(5)14/h3H,2,4H2,1H3,(H,15,17). The molecule has 19 heavy (non-hydrogen) atoms. The summed E-state index contributed by atoms with van der Waals surface area (Å²) in [5, 5.41) is 0. The fraction of sp³-hybridized carbons (Fsp3) is 0.400. The van der Waals surface area contributed by atoms with Crippen LogP contribution in [-0.4, -0.2) is 23.9 Å². The van der Waals surface area contributed by atoms with Gasteiger partial charge in [0, 0.05) is 6.07 Å². The Kier molecular flexibility index (Phi) is 5.20. The first-order chi connectivity index (χ1) is 8.73. The van der Waals surface area contributed by atoms with Gasteiger partial charge in [0.05, 0.1) is 16.6 Å². The van der Waals surface area contributed by atoms with E-state index in [-0.39, 0.29) is 22.2 Å². The van der Waals surface area contributed by atoms with Crippen molar-refractivity contribution in [3.8, 4) is 5.88 Å². The van der Waals surface area contributed by atoms with Crippen LogP contribution in [0.4, 0.5) is 13.2 Å². The third-order valence-corrected chi connectivity index (χ3v) is 3.07. The number of H-pyrrole nitrogens is 1. The molecule has 0 aliphatic carbocycles.